The Bertz CT molecular complexity index is 834. The number of carboxylic acids is 3. The van der Waals surface area contributed by atoms with Gasteiger partial charge in [0.05, 0.1) is 12.5 Å². The molecule has 0 aliphatic carbocycles. The number of aliphatic carboxylic acids is 3. The molecule has 0 aromatic carbocycles. The molecule has 0 radical (unpaired) electrons. The molecule has 0 heterocycles. The Labute approximate surface area is 207 Å². The van der Waals surface area contributed by atoms with Gasteiger partial charge < -0.3 is 48.1 Å². The van der Waals surface area contributed by atoms with E-state index in [9.17, 15) is 33.9 Å². The maximum absolute atomic E-state index is 12.8. The van der Waals surface area contributed by atoms with Gasteiger partial charge in [0, 0.05) is 13.0 Å². The molecule has 0 aromatic rings. The van der Waals surface area contributed by atoms with Crippen LogP contribution in [0.1, 0.15) is 46.0 Å². The van der Waals surface area contributed by atoms with Crippen molar-refractivity contribution in [2.75, 3.05) is 6.54 Å². The number of amides is 3. The van der Waals surface area contributed by atoms with E-state index in [1.165, 1.54) is 13.8 Å². The number of rotatable bonds is 17. The summed E-state index contributed by atoms with van der Waals surface area (Å²) < 4.78 is 0. The third-order valence-electron chi connectivity index (χ3n) is 4.87. The molecule has 0 unspecified atom stereocenters. The molecule has 4 atom stereocenters. The van der Waals surface area contributed by atoms with Gasteiger partial charge in [-0.15, -0.1) is 0 Å². The number of nitrogens with one attached hydrogen (secondary N) is 5. The number of hydrogen-bond acceptors (Lipinski definition) is 8. The molecule has 0 aliphatic rings. The van der Waals surface area contributed by atoms with Crippen molar-refractivity contribution in [1.82, 2.24) is 21.3 Å². The van der Waals surface area contributed by atoms with E-state index in [2.05, 4.69) is 21.3 Å². The molecule has 16 heteroatoms. The van der Waals surface area contributed by atoms with Crippen molar-refractivity contribution in [3.63, 3.8) is 0 Å². The summed E-state index contributed by atoms with van der Waals surface area (Å²) in [4.78, 5) is 71.4. The van der Waals surface area contributed by atoms with E-state index in [1.807, 2.05) is 0 Å². The van der Waals surface area contributed by atoms with Gasteiger partial charge >= 0.3 is 17.9 Å². The largest absolute Gasteiger partial charge is 0.481 e. The Balaban J connectivity index is 5.46. The number of nitrogens with two attached hydrogens (primary N) is 2. The molecule has 0 aromatic heterocycles. The second-order valence-electron chi connectivity index (χ2n) is 8.31. The molecule has 0 aliphatic heterocycles. The highest BCUT2D eigenvalue weighted by Crippen LogP contribution is 2.06. The van der Waals surface area contributed by atoms with Gasteiger partial charge in [0.1, 0.15) is 18.1 Å². The van der Waals surface area contributed by atoms with E-state index < -0.39 is 85.0 Å². The van der Waals surface area contributed by atoms with Gasteiger partial charge in [-0.1, -0.05) is 13.8 Å². The molecular formula is C20H35N7O9. The maximum Gasteiger partial charge on any atom is 0.326 e. The first-order valence-electron chi connectivity index (χ1n) is 11.1. The van der Waals surface area contributed by atoms with Crippen LogP contribution in [0, 0.1) is 11.3 Å². The average Bonchev–Trinajstić information content (AvgIpc) is 2.75. The van der Waals surface area contributed by atoms with Gasteiger partial charge in [-0.2, -0.15) is 0 Å². The quantitative estimate of drug-likeness (QED) is 0.0528. The number of hydrogen-bond donors (Lipinski definition) is 10. The van der Waals surface area contributed by atoms with Gasteiger partial charge in [-0.25, -0.2) is 4.79 Å². The zero-order valence-electron chi connectivity index (χ0n) is 20.1. The van der Waals surface area contributed by atoms with Crippen molar-refractivity contribution in [1.29, 1.82) is 5.41 Å². The second-order valence-corrected chi connectivity index (χ2v) is 8.31. The zero-order chi connectivity index (χ0) is 28.0. The van der Waals surface area contributed by atoms with Crippen molar-refractivity contribution in [3.05, 3.63) is 0 Å². The highest BCUT2D eigenvalue weighted by atomic mass is 16.4. The smallest absolute Gasteiger partial charge is 0.326 e. The summed E-state index contributed by atoms with van der Waals surface area (Å²) in [6, 6.07) is -5.63. The summed E-state index contributed by atoms with van der Waals surface area (Å²) >= 11 is 0. The average molecular weight is 518 g/mol. The molecule has 0 fully saturated rings. The van der Waals surface area contributed by atoms with Crippen LogP contribution in [0.2, 0.25) is 0 Å². The Hall–Kier alpha value is -3.95. The fraction of sp³-hybridized carbons (Fsp3) is 0.650. The Morgan fingerprint density at radius 2 is 1.39 bits per heavy atom. The van der Waals surface area contributed by atoms with E-state index in [0.29, 0.717) is 6.42 Å². The van der Waals surface area contributed by atoms with Crippen LogP contribution >= 0.6 is 0 Å². The first-order chi connectivity index (χ1) is 16.6. The molecule has 0 bridgehead atoms. The molecule has 0 saturated heterocycles. The van der Waals surface area contributed by atoms with Crippen molar-refractivity contribution in [2.45, 2.75) is 70.1 Å². The van der Waals surface area contributed by atoms with Gasteiger partial charge in [0.25, 0.3) is 0 Å². The second kappa shape index (κ2) is 15.9. The predicted octanol–water partition coefficient (Wildman–Crippen LogP) is -2.89. The van der Waals surface area contributed by atoms with E-state index in [4.69, 9.17) is 27.1 Å². The number of carbonyl (C=O) groups excluding carboxylic acids is 3. The molecule has 36 heavy (non-hydrogen) atoms. The van der Waals surface area contributed by atoms with Crippen LogP contribution in [0.15, 0.2) is 0 Å². The number of carboxylic acid groups (broad SMARTS) is 3. The molecule has 16 nitrogen and oxygen atoms in total. The Morgan fingerprint density at radius 3 is 1.86 bits per heavy atom. The SMILES string of the molecule is CC(C)[C@H](NC(=O)[C@H](CC(=O)O)NC(=O)[C@H](CCC(=O)O)NC(=O)[C@@H](N)CCCNC(=N)N)C(=O)O. The van der Waals surface area contributed by atoms with Gasteiger partial charge in [0.15, 0.2) is 5.96 Å². The molecular weight excluding hydrogens is 482 g/mol. The minimum Gasteiger partial charge on any atom is -0.481 e. The molecule has 12 N–H and O–H groups in total. The summed E-state index contributed by atoms with van der Waals surface area (Å²) in [5, 5.41) is 43.5. The van der Waals surface area contributed by atoms with Crippen LogP contribution in [0.25, 0.3) is 0 Å². The molecule has 3 amide bonds. The normalized spacial score (nSPS) is 14.0. The van der Waals surface area contributed by atoms with Crippen LogP contribution in [0.5, 0.6) is 0 Å². The van der Waals surface area contributed by atoms with Crippen molar-refractivity contribution < 1.29 is 44.1 Å². The van der Waals surface area contributed by atoms with Crippen molar-refractivity contribution >= 4 is 41.6 Å². The molecule has 0 spiro atoms. The van der Waals surface area contributed by atoms with Crippen LogP contribution in [-0.4, -0.2) is 87.6 Å². The first kappa shape index (κ1) is 32.0. The lowest BCUT2D eigenvalue weighted by atomic mass is 10.0. The highest BCUT2D eigenvalue weighted by molar-refractivity contribution is 5.95. The van der Waals surface area contributed by atoms with E-state index in [0.717, 1.165) is 0 Å². The van der Waals surface area contributed by atoms with Crippen molar-refractivity contribution in [3.8, 4) is 0 Å². The molecule has 0 rings (SSSR count). The summed E-state index contributed by atoms with van der Waals surface area (Å²) in [6.45, 7) is 3.29. The maximum atomic E-state index is 12.8. The highest BCUT2D eigenvalue weighted by Gasteiger charge is 2.32. The van der Waals surface area contributed by atoms with Gasteiger partial charge in [-0.05, 0) is 25.2 Å². The molecule has 204 valence electrons. The Kier molecular flexibility index (Phi) is 14.1. The van der Waals surface area contributed by atoms with E-state index in [-0.39, 0.29) is 18.9 Å². The van der Waals surface area contributed by atoms with Gasteiger partial charge in [-0.3, -0.25) is 29.4 Å². The monoisotopic (exact) mass is 517 g/mol. The van der Waals surface area contributed by atoms with Crippen LogP contribution in [0.4, 0.5) is 0 Å². The Morgan fingerprint density at radius 1 is 0.833 bits per heavy atom. The van der Waals surface area contributed by atoms with Crippen LogP contribution in [0.3, 0.4) is 0 Å². The number of carbonyl (C=O) groups is 6. The van der Waals surface area contributed by atoms with Gasteiger partial charge in [0.2, 0.25) is 17.7 Å². The lowest BCUT2D eigenvalue weighted by Gasteiger charge is -2.25. The minimum atomic E-state index is -1.70. The van der Waals surface area contributed by atoms with E-state index in [1.54, 1.807) is 0 Å². The summed E-state index contributed by atoms with van der Waals surface area (Å²) in [5.74, 6) is -7.85. The van der Waals surface area contributed by atoms with Crippen LogP contribution < -0.4 is 32.7 Å². The van der Waals surface area contributed by atoms with E-state index >= 15 is 0 Å². The summed E-state index contributed by atoms with van der Waals surface area (Å²) in [6.07, 6.45) is -1.35. The third-order valence-corrected chi connectivity index (χ3v) is 4.87. The fourth-order valence-electron chi connectivity index (χ4n) is 2.92. The minimum absolute atomic E-state index is 0.134. The third kappa shape index (κ3) is 13.1. The van der Waals surface area contributed by atoms with Crippen LogP contribution in [-0.2, 0) is 28.8 Å². The van der Waals surface area contributed by atoms with Crippen molar-refractivity contribution in [2.24, 2.45) is 17.4 Å². The summed E-state index contributed by atoms with van der Waals surface area (Å²) in [7, 11) is 0. The lowest BCUT2D eigenvalue weighted by molar-refractivity contribution is -0.144. The predicted molar refractivity (Wildman–Crippen MR) is 125 cm³/mol. The molecule has 0 saturated carbocycles. The summed E-state index contributed by atoms with van der Waals surface area (Å²) in [5.41, 5.74) is 10.9. The standard InChI is InChI=1S/C20H35N7O9/c1-9(2)15(19(35)36)27-18(34)12(8-14(30)31)26-17(33)11(5-6-13(28)29)25-16(32)10(21)4-3-7-24-20(22)23/h9-12,15H,3-8,21H2,1-2H3,(H,25,32)(H,26,33)(H,27,34)(H,28,29)(H,30,31)(H,35,36)(H4,22,23,24)/t10-,11-,12-,15-/m0/s1. The zero-order valence-corrected chi connectivity index (χ0v) is 20.1. The lowest BCUT2D eigenvalue weighted by Crippen LogP contribution is -2.58. The first-order valence-corrected chi connectivity index (χ1v) is 11.1. The topological polar surface area (TPSA) is 287 Å². The number of guanidine groups is 1. The fourth-order valence-corrected chi connectivity index (χ4v) is 2.92.